The Hall–Kier alpha value is -2.20. The molecule has 4 heteroatoms. The lowest BCUT2D eigenvalue weighted by Crippen LogP contribution is -2.10. The summed E-state index contributed by atoms with van der Waals surface area (Å²) in [6.07, 6.45) is 1.98. The summed E-state index contributed by atoms with van der Waals surface area (Å²) in [5.74, 6) is 0.872. The molecule has 3 rings (SSSR count). The van der Waals surface area contributed by atoms with E-state index < -0.39 is 0 Å². The van der Waals surface area contributed by atoms with E-state index in [1.807, 2.05) is 40.9 Å². The van der Waals surface area contributed by atoms with E-state index in [4.69, 9.17) is 18.0 Å². The van der Waals surface area contributed by atoms with Crippen molar-refractivity contribution in [3.8, 4) is 11.4 Å². The number of aromatic nitrogens is 2. The van der Waals surface area contributed by atoms with E-state index in [9.17, 15) is 0 Å². The van der Waals surface area contributed by atoms with E-state index >= 15 is 0 Å². The predicted octanol–water partition coefficient (Wildman–Crippen LogP) is 2.94. The Balaban J connectivity index is 2.37. The number of benzene rings is 1. The molecular formula is C15H13N3S. The second kappa shape index (κ2) is 4.48. The molecule has 0 radical (unpaired) electrons. The molecule has 94 valence electrons. The van der Waals surface area contributed by atoms with Crippen LogP contribution in [0, 0.1) is 6.92 Å². The van der Waals surface area contributed by atoms with Gasteiger partial charge in [0, 0.05) is 11.8 Å². The number of hydrogen-bond acceptors (Lipinski definition) is 2. The molecule has 0 unspecified atom stereocenters. The highest BCUT2D eigenvalue weighted by Crippen LogP contribution is 2.25. The van der Waals surface area contributed by atoms with Gasteiger partial charge < -0.3 is 5.73 Å². The van der Waals surface area contributed by atoms with Gasteiger partial charge in [0.2, 0.25) is 0 Å². The normalized spacial score (nSPS) is 10.8. The van der Waals surface area contributed by atoms with Crippen molar-refractivity contribution in [1.29, 1.82) is 0 Å². The molecule has 0 aliphatic rings. The maximum atomic E-state index is 5.76. The van der Waals surface area contributed by atoms with Crippen molar-refractivity contribution in [1.82, 2.24) is 9.38 Å². The van der Waals surface area contributed by atoms with Gasteiger partial charge in [-0.05, 0) is 24.6 Å². The first-order valence-corrected chi connectivity index (χ1v) is 6.42. The highest BCUT2D eigenvalue weighted by atomic mass is 32.1. The average molecular weight is 267 g/mol. The molecule has 3 aromatic rings. The van der Waals surface area contributed by atoms with E-state index in [1.165, 1.54) is 5.56 Å². The van der Waals surface area contributed by atoms with E-state index in [-0.39, 0.29) is 0 Å². The summed E-state index contributed by atoms with van der Waals surface area (Å²) in [5.41, 5.74) is 9.64. The number of thiocarbonyl (C=S) groups is 1. The summed E-state index contributed by atoms with van der Waals surface area (Å²) >= 11 is 5.09. The van der Waals surface area contributed by atoms with Gasteiger partial charge >= 0.3 is 0 Å². The Bertz CT molecular complexity index is 774. The molecule has 0 bridgehead atoms. The van der Waals surface area contributed by atoms with Crippen molar-refractivity contribution >= 4 is 22.7 Å². The lowest BCUT2D eigenvalue weighted by atomic mass is 10.1. The molecule has 0 saturated heterocycles. The number of aryl methyl sites for hydroxylation is 1. The topological polar surface area (TPSA) is 43.3 Å². The maximum Gasteiger partial charge on any atom is 0.145 e. The fourth-order valence-electron chi connectivity index (χ4n) is 2.23. The van der Waals surface area contributed by atoms with Crippen LogP contribution in [0.1, 0.15) is 11.3 Å². The molecule has 2 heterocycles. The van der Waals surface area contributed by atoms with Gasteiger partial charge in [-0.15, -0.1) is 0 Å². The fraction of sp³-hybridized carbons (Fsp3) is 0.0667. The minimum Gasteiger partial charge on any atom is -0.388 e. The van der Waals surface area contributed by atoms with Crippen LogP contribution < -0.4 is 5.73 Å². The highest BCUT2D eigenvalue weighted by Gasteiger charge is 2.14. The molecule has 0 amide bonds. The zero-order valence-corrected chi connectivity index (χ0v) is 11.3. The minimum absolute atomic E-state index is 0.323. The molecule has 3 nitrogen and oxygen atoms in total. The smallest absolute Gasteiger partial charge is 0.145 e. The molecule has 19 heavy (non-hydrogen) atoms. The fourth-order valence-corrected chi connectivity index (χ4v) is 2.38. The monoisotopic (exact) mass is 267 g/mol. The predicted molar refractivity (Wildman–Crippen MR) is 81.3 cm³/mol. The van der Waals surface area contributed by atoms with Gasteiger partial charge in [-0.1, -0.05) is 42.5 Å². The van der Waals surface area contributed by atoms with Crippen molar-refractivity contribution in [2.24, 2.45) is 5.73 Å². The first-order chi connectivity index (χ1) is 9.18. The summed E-state index contributed by atoms with van der Waals surface area (Å²) in [4.78, 5) is 4.94. The Morgan fingerprint density at radius 2 is 1.89 bits per heavy atom. The zero-order valence-electron chi connectivity index (χ0n) is 10.5. The molecule has 2 N–H and O–H groups in total. The quantitative estimate of drug-likeness (QED) is 0.726. The van der Waals surface area contributed by atoms with Crippen LogP contribution in [0.5, 0.6) is 0 Å². The third-order valence-electron chi connectivity index (χ3n) is 3.17. The first-order valence-electron chi connectivity index (χ1n) is 6.01. The second-order valence-electron chi connectivity index (χ2n) is 4.42. The number of fused-ring (bicyclic) bond motifs is 1. The SMILES string of the molecule is Cc1ccccc1-c1nc(C(N)=S)c2ccccn12. The second-order valence-corrected chi connectivity index (χ2v) is 4.86. The van der Waals surface area contributed by atoms with Gasteiger partial charge in [-0.25, -0.2) is 4.98 Å². The van der Waals surface area contributed by atoms with Crippen molar-refractivity contribution in [3.05, 3.63) is 59.9 Å². The van der Waals surface area contributed by atoms with Gasteiger partial charge in [0.1, 0.15) is 16.5 Å². The molecule has 0 aliphatic carbocycles. The van der Waals surface area contributed by atoms with E-state index in [0.717, 1.165) is 16.9 Å². The van der Waals surface area contributed by atoms with Crippen LogP contribution in [0.2, 0.25) is 0 Å². The van der Waals surface area contributed by atoms with Crippen LogP contribution in [0.4, 0.5) is 0 Å². The van der Waals surface area contributed by atoms with Crippen molar-refractivity contribution in [2.45, 2.75) is 6.92 Å². The van der Waals surface area contributed by atoms with Gasteiger partial charge in [-0.3, -0.25) is 4.40 Å². The molecule has 2 aromatic heterocycles. The summed E-state index contributed by atoms with van der Waals surface area (Å²) in [7, 11) is 0. The van der Waals surface area contributed by atoms with Crippen molar-refractivity contribution in [3.63, 3.8) is 0 Å². The Labute approximate surface area is 116 Å². The zero-order chi connectivity index (χ0) is 13.4. The molecule has 0 aliphatic heterocycles. The standard InChI is InChI=1S/C15H13N3S/c1-10-6-2-3-7-11(10)15-17-13(14(16)19)12-8-4-5-9-18(12)15/h2-9H,1H3,(H2,16,19). The maximum absolute atomic E-state index is 5.76. The molecule has 0 spiro atoms. The van der Waals surface area contributed by atoms with Gasteiger partial charge in [-0.2, -0.15) is 0 Å². The third kappa shape index (κ3) is 1.90. The van der Waals surface area contributed by atoms with Crippen molar-refractivity contribution in [2.75, 3.05) is 0 Å². The first kappa shape index (κ1) is 11.9. The van der Waals surface area contributed by atoms with Crippen LogP contribution in [0.3, 0.4) is 0 Å². The van der Waals surface area contributed by atoms with Gasteiger partial charge in [0.25, 0.3) is 0 Å². The third-order valence-corrected chi connectivity index (χ3v) is 3.36. The molecule has 0 fully saturated rings. The summed E-state index contributed by atoms with van der Waals surface area (Å²) in [5, 5.41) is 0. The summed E-state index contributed by atoms with van der Waals surface area (Å²) < 4.78 is 2.02. The van der Waals surface area contributed by atoms with Crippen LogP contribution in [0.25, 0.3) is 16.9 Å². The summed E-state index contributed by atoms with van der Waals surface area (Å²) in [6, 6.07) is 14.1. The van der Waals surface area contributed by atoms with E-state index in [0.29, 0.717) is 10.7 Å². The number of pyridine rings is 1. The largest absolute Gasteiger partial charge is 0.388 e. The number of nitrogens with zero attached hydrogens (tertiary/aromatic N) is 2. The lowest BCUT2D eigenvalue weighted by molar-refractivity contribution is 1.15. The van der Waals surface area contributed by atoms with Gasteiger partial charge in [0.05, 0.1) is 5.52 Å². The number of rotatable bonds is 2. The van der Waals surface area contributed by atoms with E-state index in [1.54, 1.807) is 0 Å². The number of imidazole rings is 1. The lowest BCUT2D eigenvalue weighted by Gasteiger charge is -2.04. The van der Waals surface area contributed by atoms with Crippen LogP contribution in [-0.4, -0.2) is 14.4 Å². The van der Waals surface area contributed by atoms with E-state index in [2.05, 4.69) is 24.0 Å². The average Bonchev–Trinajstić information content (AvgIpc) is 2.79. The number of nitrogens with two attached hydrogens (primary N) is 1. The Morgan fingerprint density at radius 3 is 2.63 bits per heavy atom. The van der Waals surface area contributed by atoms with Gasteiger partial charge in [0.15, 0.2) is 0 Å². The molecule has 1 aromatic carbocycles. The summed E-state index contributed by atoms with van der Waals surface area (Å²) in [6.45, 7) is 2.07. The molecular weight excluding hydrogens is 254 g/mol. The van der Waals surface area contributed by atoms with Crippen LogP contribution in [-0.2, 0) is 0 Å². The van der Waals surface area contributed by atoms with Crippen molar-refractivity contribution < 1.29 is 0 Å². The molecule has 0 atom stereocenters. The number of hydrogen-bond donors (Lipinski definition) is 1. The Morgan fingerprint density at radius 1 is 1.16 bits per heavy atom. The Kier molecular flexibility index (Phi) is 2.80. The van der Waals surface area contributed by atoms with Crippen LogP contribution >= 0.6 is 12.2 Å². The van der Waals surface area contributed by atoms with Crippen LogP contribution in [0.15, 0.2) is 48.7 Å². The molecule has 0 saturated carbocycles. The highest BCUT2D eigenvalue weighted by molar-refractivity contribution is 7.80. The minimum atomic E-state index is 0.323.